The van der Waals surface area contributed by atoms with Crippen LogP contribution >= 0.6 is 0 Å². The molecule has 4 bridgehead atoms. The molecule has 3 aromatic heterocycles. The normalized spacial score (nSPS) is 11.9. The third-order valence-electron chi connectivity index (χ3n) is 7.72. The number of aromatic nitrogens is 3. The first-order valence-electron chi connectivity index (χ1n) is 13.2. The van der Waals surface area contributed by atoms with Crippen LogP contribution in [0.1, 0.15) is 22.3 Å². The van der Waals surface area contributed by atoms with Crippen molar-refractivity contribution in [2.75, 3.05) is 0 Å². The molecule has 40 heavy (non-hydrogen) atoms. The first-order chi connectivity index (χ1) is 18.0. The van der Waals surface area contributed by atoms with E-state index >= 15 is 0 Å². The van der Waals surface area contributed by atoms with E-state index in [1.165, 1.54) is 55.6 Å². The van der Waals surface area contributed by atoms with Gasteiger partial charge in [0.25, 0.3) is 0 Å². The molecule has 0 fully saturated rings. The second-order valence-corrected chi connectivity index (χ2v) is 10.4. The Labute approximate surface area is 289 Å². The summed E-state index contributed by atoms with van der Waals surface area (Å²) in [6, 6.07) is 25.6. The van der Waals surface area contributed by atoms with Crippen molar-refractivity contribution in [3.05, 3.63) is 126 Å². The van der Waals surface area contributed by atoms with Crippen molar-refractivity contribution in [3.63, 3.8) is 0 Å². The molecule has 0 atom stereocenters. The van der Waals surface area contributed by atoms with Crippen molar-refractivity contribution in [1.82, 2.24) is 0 Å². The van der Waals surface area contributed by atoms with Crippen molar-refractivity contribution in [2.24, 2.45) is 21.1 Å². The molecule has 206 valence electrons. The SMILES string of the molecule is C[n+]1ccc(-c2cc3c(-c4cc[n+](C)cc4)cc2CCc2ccc(c(-c4cc[n+](C)cc4)c2)CC3)cc1.[I-].[I-].[I-]. The topological polar surface area (TPSA) is 11.6 Å². The van der Waals surface area contributed by atoms with E-state index < -0.39 is 0 Å². The Kier molecular flexibility index (Phi) is 11.7. The van der Waals surface area contributed by atoms with Crippen molar-refractivity contribution >= 4 is 0 Å². The summed E-state index contributed by atoms with van der Waals surface area (Å²) in [5, 5.41) is 0. The number of halogens is 3. The Hall–Kier alpha value is -1.92. The van der Waals surface area contributed by atoms with Crippen LogP contribution in [0.3, 0.4) is 0 Å². The van der Waals surface area contributed by atoms with Gasteiger partial charge < -0.3 is 71.9 Å². The van der Waals surface area contributed by atoms with Crippen LogP contribution < -0.4 is 85.6 Å². The standard InChI is InChI=1S/C34H34N3.3HI/c1-35-16-10-27(11-17-35)32-22-25-4-6-26(32)8-9-31-24-33(28-12-18-36(2)19-13-28)30(7-5-25)23-34(31)29-14-20-37(3)21-15-29;;;/h4,6,10-24H,5,7-9H2,1-3H3;3*1H/q+3;;;/p-3. The molecule has 6 heteroatoms. The van der Waals surface area contributed by atoms with Gasteiger partial charge in [0.05, 0.1) is 0 Å². The van der Waals surface area contributed by atoms with E-state index in [1.54, 1.807) is 0 Å². The van der Waals surface area contributed by atoms with E-state index in [-0.39, 0.29) is 71.9 Å². The van der Waals surface area contributed by atoms with Crippen LogP contribution in [0.2, 0.25) is 0 Å². The van der Waals surface area contributed by atoms with Crippen LogP contribution in [0.5, 0.6) is 0 Å². The summed E-state index contributed by atoms with van der Waals surface area (Å²) in [7, 11) is 6.23. The van der Waals surface area contributed by atoms with Gasteiger partial charge in [0.1, 0.15) is 21.1 Å². The lowest BCUT2D eigenvalue weighted by Gasteiger charge is -2.20. The molecule has 3 heterocycles. The quantitative estimate of drug-likeness (QED) is 0.130. The van der Waals surface area contributed by atoms with Gasteiger partial charge in [0.2, 0.25) is 0 Å². The van der Waals surface area contributed by atoms with Gasteiger partial charge in [-0.25, -0.2) is 13.7 Å². The Morgan fingerprint density at radius 1 is 0.400 bits per heavy atom. The highest BCUT2D eigenvalue weighted by Crippen LogP contribution is 2.35. The summed E-state index contributed by atoms with van der Waals surface area (Å²) in [4.78, 5) is 0. The van der Waals surface area contributed by atoms with Gasteiger partial charge in [-0.05, 0) is 81.3 Å². The monoisotopic (exact) mass is 865 g/mol. The van der Waals surface area contributed by atoms with Crippen molar-refractivity contribution in [2.45, 2.75) is 25.7 Å². The molecule has 0 amide bonds. The van der Waals surface area contributed by atoms with Gasteiger partial charge in [-0.15, -0.1) is 0 Å². The zero-order chi connectivity index (χ0) is 25.4. The minimum absolute atomic E-state index is 0. The van der Waals surface area contributed by atoms with E-state index in [4.69, 9.17) is 0 Å². The third-order valence-corrected chi connectivity index (χ3v) is 7.72. The zero-order valence-corrected chi connectivity index (χ0v) is 29.6. The summed E-state index contributed by atoms with van der Waals surface area (Å²) in [6.07, 6.45) is 16.9. The maximum Gasteiger partial charge on any atom is 0.169 e. The molecule has 0 saturated heterocycles. The molecular weight excluding hydrogens is 831 g/mol. The van der Waals surface area contributed by atoms with Gasteiger partial charge in [0.15, 0.2) is 37.2 Å². The number of nitrogens with zero attached hydrogens (tertiary/aromatic N) is 3. The van der Waals surface area contributed by atoms with Gasteiger partial charge in [-0.2, -0.15) is 0 Å². The number of hydrogen-bond donors (Lipinski definition) is 0. The number of benzene rings is 2. The van der Waals surface area contributed by atoms with Gasteiger partial charge in [0, 0.05) is 36.4 Å². The van der Waals surface area contributed by atoms with E-state index in [2.05, 4.69) is 139 Å². The molecule has 9 rings (SSSR count). The zero-order valence-electron chi connectivity index (χ0n) is 23.1. The van der Waals surface area contributed by atoms with Crippen LogP contribution in [0.4, 0.5) is 0 Å². The highest BCUT2D eigenvalue weighted by atomic mass is 127. The molecule has 4 aliphatic carbocycles. The van der Waals surface area contributed by atoms with Gasteiger partial charge in [-0.1, -0.05) is 30.3 Å². The largest absolute Gasteiger partial charge is 1.00 e. The van der Waals surface area contributed by atoms with Gasteiger partial charge in [-0.3, -0.25) is 0 Å². The predicted molar refractivity (Wildman–Crippen MR) is 148 cm³/mol. The molecule has 0 N–H and O–H groups in total. The number of pyridine rings is 3. The van der Waals surface area contributed by atoms with E-state index in [0.29, 0.717) is 0 Å². The number of hydrogen-bond acceptors (Lipinski definition) is 0. The van der Waals surface area contributed by atoms with Crippen molar-refractivity contribution in [3.8, 4) is 33.4 Å². The second kappa shape index (κ2) is 14.3. The minimum Gasteiger partial charge on any atom is -1.00 e. The molecule has 2 aromatic carbocycles. The molecule has 0 saturated carbocycles. The number of rotatable bonds is 3. The van der Waals surface area contributed by atoms with Crippen molar-refractivity contribution < 1.29 is 85.6 Å². The smallest absolute Gasteiger partial charge is 0.169 e. The van der Waals surface area contributed by atoms with Crippen molar-refractivity contribution in [1.29, 1.82) is 0 Å². The van der Waals surface area contributed by atoms with E-state index in [0.717, 1.165) is 25.7 Å². The Bertz CT molecular complexity index is 1580. The number of aryl methyl sites for hydroxylation is 7. The lowest BCUT2D eigenvalue weighted by molar-refractivity contribution is -0.671. The van der Waals surface area contributed by atoms with Crippen LogP contribution in [0.15, 0.2) is 104 Å². The molecule has 0 spiro atoms. The average molecular weight is 865 g/mol. The van der Waals surface area contributed by atoms with Crippen LogP contribution in [0, 0.1) is 0 Å². The van der Waals surface area contributed by atoms with Crippen LogP contribution in [-0.2, 0) is 46.8 Å². The summed E-state index contributed by atoms with van der Waals surface area (Å²) in [5.41, 5.74) is 13.6. The Balaban J connectivity index is 0.00000147. The summed E-state index contributed by atoms with van der Waals surface area (Å²) in [5.74, 6) is 0. The van der Waals surface area contributed by atoms with E-state index in [1.807, 2.05) is 0 Å². The van der Waals surface area contributed by atoms with E-state index in [9.17, 15) is 0 Å². The lowest BCUT2D eigenvalue weighted by Crippen LogP contribution is -3.00. The Morgan fingerprint density at radius 3 is 1.18 bits per heavy atom. The molecule has 3 nitrogen and oxygen atoms in total. The van der Waals surface area contributed by atoms with Gasteiger partial charge >= 0.3 is 0 Å². The molecule has 0 aliphatic heterocycles. The summed E-state index contributed by atoms with van der Waals surface area (Å²) >= 11 is 0. The fraction of sp³-hybridized carbons (Fsp3) is 0.206. The maximum atomic E-state index is 2.48. The van der Waals surface area contributed by atoms with Crippen LogP contribution in [-0.4, -0.2) is 0 Å². The molecule has 0 unspecified atom stereocenters. The second-order valence-electron chi connectivity index (χ2n) is 10.4. The van der Waals surface area contributed by atoms with Crippen LogP contribution in [0.25, 0.3) is 33.4 Å². The first-order valence-corrected chi connectivity index (χ1v) is 13.2. The predicted octanol–water partition coefficient (Wildman–Crippen LogP) is -3.94. The molecular formula is C34H34I3N3. The first kappa shape index (κ1) is 32.6. The molecule has 4 aliphatic rings. The lowest BCUT2D eigenvalue weighted by atomic mass is 9.84. The third kappa shape index (κ3) is 7.10. The highest BCUT2D eigenvalue weighted by molar-refractivity contribution is 5.77. The maximum absolute atomic E-state index is 2.48. The fourth-order valence-electron chi connectivity index (χ4n) is 5.50. The average Bonchev–Trinajstić information content (AvgIpc) is 2.91. The molecule has 5 aromatic rings. The summed E-state index contributed by atoms with van der Waals surface area (Å²) in [6.45, 7) is 0. The molecule has 0 radical (unpaired) electrons. The fourth-order valence-corrected chi connectivity index (χ4v) is 5.50. The Morgan fingerprint density at radius 2 is 0.750 bits per heavy atom. The minimum atomic E-state index is 0. The highest BCUT2D eigenvalue weighted by Gasteiger charge is 2.18. The summed E-state index contributed by atoms with van der Waals surface area (Å²) < 4.78 is 6.31.